The molecule has 134 valence electrons. The molecule has 1 unspecified atom stereocenters. The number of amides is 1. The summed E-state index contributed by atoms with van der Waals surface area (Å²) in [5.74, 6) is -1.64. The lowest BCUT2D eigenvalue weighted by Crippen LogP contribution is -2.51. The van der Waals surface area contributed by atoms with E-state index in [-0.39, 0.29) is 30.5 Å². The zero-order valence-corrected chi connectivity index (χ0v) is 14.5. The minimum atomic E-state index is -3.72. The molecule has 2 heterocycles. The van der Waals surface area contributed by atoms with E-state index < -0.39 is 33.8 Å². The summed E-state index contributed by atoms with van der Waals surface area (Å²) >= 11 is 0.735. The van der Waals surface area contributed by atoms with Crippen LogP contribution in [0.2, 0.25) is 0 Å². The molecule has 1 aromatic rings. The van der Waals surface area contributed by atoms with Crippen LogP contribution < -0.4 is 0 Å². The van der Waals surface area contributed by atoms with Gasteiger partial charge < -0.3 is 14.7 Å². The van der Waals surface area contributed by atoms with Crippen molar-refractivity contribution in [2.75, 3.05) is 39.0 Å². The Kier molecular flexibility index (Phi) is 5.91. The van der Waals surface area contributed by atoms with Gasteiger partial charge in [-0.1, -0.05) is 0 Å². The molecular formula is C13H17FN2O6S2. The van der Waals surface area contributed by atoms with Gasteiger partial charge in [-0.05, 0) is 12.1 Å². The van der Waals surface area contributed by atoms with E-state index >= 15 is 0 Å². The smallest absolute Gasteiger partial charge is 0.318 e. The van der Waals surface area contributed by atoms with Crippen LogP contribution in [0.4, 0.5) is 4.39 Å². The summed E-state index contributed by atoms with van der Waals surface area (Å²) in [5.41, 5.74) is 0. The van der Waals surface area contributed by atoms with Gasteiger partial charge in [-0.25, -0.2) is 8.42 Å². The summed E-state index contributed by atoms with van der Waals surface area (Å²) in [6.45, 7) is -0.262. The summed E-state index contributed by atoms with van der Waals surface area (Å²) in [6, 6.07) is 2.59. The Labute approximate surface area is 142 Å². The van der Waals surface area contributed by atoms with E-state index in [1.807, 2.05) is 0 Å². The number of morpholine rings is 1. The maximum Gasteiger partial charge on any atom is 0.318 e. The summed E-state index contributed by atoms with van der Waals surface area (Å²) in [5, 5.41) is 8.36. The highest BCUT2D eigenvalue weighted by Crippen LogP contribution is 2.18. The third-order valence-electron chi connectivity index (χ3n) is 3.40. The molecule has 1 aliphatic rings. The molecule has 24 heavy (non-hydrogen) atoms. The van der Waals surface area contributed by atoms with Crippen LogP contribution in [-0.4, -0.2) is 79.8 Å². The second-order valence-corrected chi connectivity index (χ2v) is 8.31. The summed E-state index contributed by atoms with van der Waals surface area (Å²) < 4.78 is 42.6. The van der Waals surface area contributed by atoms with E-state index in [4.69, 9.17) is 9.84 Å². The van der Waals surface area contributed by atoms with E-state index in [1.165, 1.54) is 17.0 Å². The Morgan fingerprint density at radius 1 is 1.50 bits per heavy atom. The number of thiophene rings is 1. The zero-order valence-electron chi connectivity index (χ0n) is 12.8. The molecule has 1 aromatic heterocycles. The molecule has 0 aromatic carbocycles. The van der Waals surface area contributed by atoms with Crippen molar-refractivity contribution < 1.29 is 32.2 Å². The molecule has 0 spiro atoms. The number of aliphatic carboxylic acids is 1. The highest BCUT2D eigenvalue weighted by Gasteiger charge is 2.30. The SMILES string of the molecule is CS(=O)(=O)N(CC(=O)O)CC1CN(C(=O)c2ccc(F)s2)CCO1. The number of nitrogens with zero attached hydrogens (tertiary/aromatic N) is 2. The number of hydrogen-bond acceptors (Lipinski definition) is 6. The number of hydrogen-bond donors (Lipinski definition) is 1. The van der Waals surface area contributed by atoms with E-state index in [9.17, 15) is 22.4 Å². The Bertz CT molecular complexity index is 720. The Hall–Kier alpha value is -1.56. The van der Waals surface area contributed by atoms with Crippen LogP contribution in [0.25, 0.3) is 0 Å². The highest BCUT2D eigenvalue weighted by molar-refractivity contribution is 7.88. The van der Waals surface area contributed by atoms with Crippen molar-refractivity contribution in [2.45, 2.75) is 6.10 Å². The number of carboxylic acid groups (broad SMARTS) is 1. The third-order valence-corrected chi connectivity index (χ3v) is 5.48. The minimum absolute atomic E-state index is 0.101. The average Bonchev–Trinajstić information content (AvgIpc) is 2.91. The maximum absolute atomic E-state index is 13.1. The molecule has 11 heteroatoms. The normalized spacial score (nSPS) is 18.8. The van der Waals surface area contributed by atoms with Crippen LogP contribution in [0, 0.1) is 5.13 Å². The van der Waals surface area contributed by atoms with Crippen molar-refractivity contribution in [1.82, 2.24) is 9.21 Å². The number of carboxylic acids is 1. The Morgan fingerprint density at radius 3 is 2.75 bits per heavy atom. The summed E-state index contributed by atoms with van der Waals surface area (Å²) in [6.07, 6.45) is 0.262. The minimum Gasteiger partial charge on any atom is -0.480 e. The lowest BCUT2D eigenvalue weighted by molar-refractivity contribution is -0.137. The van der Waals surface area contributed by atoms with Crippen LogP contribution in [-0.2, 0) is 19.6 Å². The molecule has 1 N–H and O–H groups in total. The largest absolute Gasteiger partial charge is 0.480 e. The lowest BCUT2D eigenvalue weighted by atomic mass is 10.2. The van der Waals surface area contributed by atoms with Gasteiger partial charge in [-0.2, -0.15) is 8.70 Å². The van der Waals surface area contributed by atoms with Crippen LogP contribution in [0.15, 0.2) is 12.1 Å². The molecule has 1 fully saturated rings. The monoisotopic (exact) mass is 380 g/mol. The standard InChI is InChI=1S/C13H17FN2O6S2/c1-24(20,21)16(8-12(17)18)7-9-6-15(4-5-22-9)13(19)10-2-3-11(14)23-10/h2-3,9H,4-8H2,1H3,(H,17,18). The van der Waals surface area contributed by atoms with Crippen LogP contribution in [0.1, 0.15) is 9.67 Å². The first-order chi connectivity index (χ1) is 11.2. The molecule has 1 amide bonds. The van der Waals surface area contributed by atoms with Gasteiger partial charge in [-0.3, -0.25) is 9.59 Å². The lowest BCUT2D eigenvalue weighted by Gasteiger charge is -2.34. The molecule has 0 bridgehead atoms. The van der Waals surface area contributed by atoms with Crippen molar-refractivity contribution in [3.63, 3.8) is 0 Å². The molecule has 1 atom stereocenters. The number of halogens is 1. The number of rotatable bonds is 6. The van der Waals surface area contributed by atoms with E-state index in [0.717, 1.165) is 21.9 Å². The van der Waals surface area contributed by atoms with E-state index in [1.54, 1.807) is 0 Å². The van der Waals surface area contributed by atoms with Gasteiger partial charge in [0.25, 0.3) is 5.91 Å². The van der Waals surface area contributed by atoms with Gasteiger partial charge in [0.05, 0.1) is 23.8 Å². The van der Waals surface area contributed by atoms with Crippen molar-refractivity contribution >= 4 is 33.2 Å². The fourth-order valence-corrected chi connectivity index (χ4v) is 3.78. The molecule has 1 saturated heterocycles. The Balaban J connectivity index is 2.04. The first kappa shape index (κ1) is 18.8. The van der Waals surface area contributed by atoms with Crippen LogP contribution >= 0.6 is 11.3 Å². The molecular weight excluding hydrogens is 363 g/mol. The maximum atomic E-state index is 13.1. The van der Waals surface area contributed by atoms with Crippen molar-refractivity contribution in [3.05, 3.63) is 22.1 Å². The van der Waals surface area contributed by atoms with Crippen molar-refractivity contribution in [1.29, 1.82) is 0 Å². The van der Waals surface area contributed by atoms with E-state index in [2.05, 4.69) is 0 Å². The van der Waals surface area contributed by atoms with Crippen LogP contribution in [0.5, 0.6) is 0 Å². The fourth-order valence-electron chi connectivity index (χ4n) is 2.29. The second kappa shape index (κ2) is 7.55. The molecule has 2 rings (SSSR count). The van der Waals surface area contributed by atoms with Gasteiger partial charge in [0.15, 0.2) is 5.13 Å². The highest BCUT2D eigenvalue weighted by atomic mass is 32.2. The molecule has 0 aliphatic carbocycles. The number of sulfonamides is 1. The van der Waals surface area contributed by atoms with Gasteiger partial charge in [0, 0.05) is 19.6 Å². The molecule has 1 aliphatic heterocycles. The molecule has 0 radical (unpaired) electrons. The third kappa shape index (κ3) is 4.97. The van der Waals surface area contributed by atoms with Crippen molar-refractivity contribution in [2.24, 2.45) is 0 Å². The number of carbonyl (C=O) groups excluding carboxylic acids is 1. The number of ether oxygens (including phenoxy) is 1. The molecule has 8 nitrogen and oxygen atoms in total. The predicted molar refractivity (Wildman–Crippen MR) is 84.0 cm³/mol. The zero-order chi connectivity index (χ0) is 17.9. The Morgan fingerprint density at radius 2 is 2.21 bits per heavy atom. The van der Waals surface area contributed by atoms with Gasteiger partial charge >= 0.3 is 5.97 Å². The number of carbonyl (C=O) groups is 2. The van der Waals surface area contributed by atoms with Crippen LogP contribution in [0.3, 0.4) is 0 Å². The molecule has 0 saturated carbocycles. The first-order valence-electron chi connectivity index (χ1n) is 7.00. The van der Waals surface area contributed by atoms with Gasteiger partial charge in [0.2, 0.25) is 10.0 Å². The van der Waals surface area contributed by atoms with Gasteiger partial charge in [-0.15, -0.1) is 11.3 Å². The fraction of sp³-hybridized carbons (Fsp3) is 0.538. The first-order valence-corrected chi connectivity index (χ1v) is 9.66. The summed E-state index contributed by atoms with van der Waals surface area (Å²) in [4.78, 5) is 24.8. The topological polar surface area (TPSA) is 104 Å². The predicted octanol–water partition coefficient (Wildman–Crippen LogP) is 0.0744. The van der Waals surface area contributed by atoms with Gasteiger partial charge in [0.1, 0.15) is 6.54 Å². The van der Waals surface area contributed by atoms with E-state index in [0.29, 0.717) is 6.54 Å². The second-order valence-electron chi connectivity index (χ2n) is 5.30. The summed E-state index contributed by atoms with van der Waals surface area (Å²) in [7, 11) is -3.72. The van der Waals surface area contributed by atoms with Crippen molar-refractivity contribution in [3.8, 4) is 0 Å². The quantitative estimate of drug-likeness (QED) is 0.749. The average molecular weight is 380 g/mol.